The van der Waals surface area contributed by atoms with Gasteiger partial charge in [-0.2, -0.15) is 13.9 Å². The lowest BCUT2D eigenvalue weighted by Crippen LogP contribution is -2.36. The molecule has 0 saturated heterocycles. The molecule has 2 aliphatic carbocycles. The number of rotatable bonds is 7. The highest BCUT2D eigenvalue weighted by Gasteiger charge is 2.35. The highest BCUT2D eigenvalue weighted by molar-refractivity contribution is 7.99. The van der Waals surface area contributed by atoms with Gasteiger partial charge in [0.25, 0.3) is 11.8 Å². The SMILES string of the molecule is Cc1ccc(C(F)(F)CNC(=O)c2c(Sc3cccc(C4CC4)c3F)nnc3c2CCCC3)c(Cl)c1. The van der Waals surface area contributed by atoms with Gasteiger partial charge in [0.2, 0.25) is 0 Å². The number of carbonyl (C=O) groups is 1. The van der Waals surface area contributed by atoms with E-state index in [1.165, 1.54) is 12.1 Å². The van der Waals surface area contributed by atoms with Crippen LogP contribution in [0.4, 0.5) is 13.2 Å². The summed E-state index contributed by atoms with van der Waals surface area (Å²) in [4.78, 5) is 13.7. The maximum Gasteiger partial charge on any atom is 0.291 e. The second kappa shape index (κ2) is 10.1. The maximum atomic E-state index is 15.2. The molecule has 2 aromatic carbocycles. The second-order valence-corrected chi connectivity index (χ2v) is 10.9. The van der Waals surface area contributed by atoms with E-state index in [1.54, 1.807) is 31.2 Å². The third-order valence-corrected chi connectivity index (χ3v) is 7.98. The molecule has 0 aliphatic heterocycles. The number of alkyl halides is 2. The predicted molar refractivity (Wildman–Crippen MR) is 134 cm³/mol. The number of carbonyl (C=O) groups excluding carboxylic acids is 1. The van der Waals surface area contributed by atoms with Crippen LogP contribution in [-0.2, 0) is 18.8 Å². The molecule has 1 amide bonds. The summed E-state index contributed by atoms with van der Waals surface area (Å²) in [7, 11) is 0. The Labute approximate surface area is 217 Å². The molecule has 1 saturated carbocycles. The Hall–Kier alpha value is -2.58. The van der Waals surface area contributed by atoms with Crippen LogP contribution >= 0.6 is 23.4 Å². The average molecular weight is 532 g/mol. The number of nitrogens with one attached hydrogen (secondary N) is 1. The second-order valence-electron chi connectivity index (χ2n) is 9.42. The zero-order chi connectivity index (χ0) is 25.4. The monoisotopic (exact) mass is 531 g/mol. The Morgan fingerprint density at radius 1 is 1.17 bits per heavy atom. The first kappa shape index (κ1) is 25.1. The first-order chi connectivity index (χ1) is 17.2. The van der Waals surface area contributed by atoms with Crippen molar-refractivity contribution in [3.8, 4) is 0 Å². The van der Waals surface area contributed by atoms with Gasteiger partial charge in [-0.15, -0.1) is 5.10 Å². The number of benzene rings is 2. The Morgan fingerprint density at radius 3 is 2.69 bits per heavy atom. The molecule has 0 spiro atoms. The van der Waals surface area contributed by atoms with E-state index in [-0.39, 0.29) is 32.9 Å². The van der Waals surface area contributed by atoms with E-state index < -0.39 is 18.4 Å². The molecule has 1 N–H and O–H groups in total. The van der Waals surface area contributed by atoms with Gasteiger partial charge in [0.05, 0.1) is 22.8 Å². The number of aromatic nitrogens is 2. The summed E-state index contributed by atoms with van der Waals surface area (Å²) < 4.78 is 45.2. The molecule has 2 aliphatic rings. The Balaban J connectivity index is 1.44. The van der Waals surface area contributed by atoms with Crippen LogP contribution in [0, 0.1) is 12.7 Å². The molecular weight excluding hydrogens is 507 g/mol. The molecule has 0 bridgehead atoms. The molecular formula is C27H25ClF3N3OS. The van der Waals surface area contributed by atoms with Crippen LogP contribution in [0.3, 0.4) is 0 Å². The zero-order valence-electron chi connectivity index (χ0n) is 19.7. The van der Waals surface area contributed by atoms with Crippen LogP contribution in [0.15, 0.2) is 46.3 Å². The highest BCUT2D eigenvalue weighted by atomic mass is 35.5. The summed E-state index contributed by atoms with van der Waals surface area (Å²) in [5.74, 6) is -4.15. The number of amides is 1. The van der Waals surface area contributed by atoms with E-state index in [0.717, 1.165) is 43.0 Å². The first-order valence-corrected chi connectivity index (χ1v) is 13.2. The fourth-order valence-electron chi connectivity index (χ4n) is 4.57. The van der Waals surface area contributed by atoms with Crippen LogP contribution in [-0.4, -0.2) is 22.6 Å². The topological polar surface area (TPSA) is 54.9 Å². The number of hydrogen-bond acceptors (Lipinski definition) is 4. The van der Waals surface area contributed by atoms with Crippen molar-refractivity contribution in [3.05, 3.63) is 80.7 Å². The lowest BCUT2D eigenvalue weighted by Gasteiger charge is -2.22. The van der Waals surface area contributed by atoms with Gasteiger partial charge < -0.3 is 5.32 Å². The Kier molecular flexibility index (Phi) is 7.01. The maximum absolute atomic E-state index is 15.2. The number of fused-ring (bicyclic) bond motifs is 1. The summed E-state index contributed by atoms with van der Waals surface area (Å²) in [5.41, 5.74) is 2.66. The van der Waals surface area contributed by atoms with Crippen LogP contribution in [0.25, 0.3) is 0 Å². The van der Waals surface area contributed by atoms with Gasteiger partial charge in [-0.1, -0.05) is 47.6 Å². The predicted octanol–water partition coefficient (Wildman–Crippen LogP) is 7.01. The van der Waals surface area contributed by atoms with Gasteiger partial charge in [-0.25, -0.2) is 4.39 Å². The number of hydrogen-bond donors (Lipinski definition) is 1. The Bertz CT molecular complexity index is 1330. The summed E-state index contributed by atoms with van der Waals surface area (Å²) in [6.07, 6.45) is 4.92. The normalized spacial score (nSPS) is 15.5. The van der Waals surface area contributed by atoms with Crippen LogP contribution in [0.2, 0.25) is 5.02 Å². The van der Waals surface area contributed by atoms with Gasteiger partial charge in [-0.3, -0.25) is 4.79 Å². The largest absolute Gasteiger partial charge is 0.346 e. The van der Waals surface area contributed by atoms with E-state index >= 15 is 13.2 Å². The van der Waals surface area contributed by atoms with Crippen molar-refractivity contribution in [1.29, 1.82) is 0 Å². The summed E-state index contributed by atoms with van der Waals surface area (Å²) in [6, 6.07) is 9.50. The van der Waals surface area contributed by atoms with Crippen molar-refractivity contribution in [2.24, 2.45) is 0 Å². The summed E-state index contributed by atoms with van der Waals surface area (Å²) in [6.45, 7) is 0.832. The van der Waals surface area contributed by atoms with E-state index in [0.29, 0.717) is 34.6 Å². The minimum absolute atomic E-state index is 0.0560. The third-order valence-electron chi connectivity index (χ3n) is 6.65. The van der Waals surface area contributed by atoms with Crippen molar-refractivity contribution in [2.75, 3.05) is 6.54 Å². The minimum atomic E-state index is -3.38. The van der Waals surface area contributed by atoms with Crippen molar-refractivity contribution < 1.29 is 18.0 Å². The molecule has 5 rings (SSSR count). The van der Waals surface area contributed by atoms with E-state index in [4.69, 9.17) is 11.6 Å². The van der Waals surface area contributed by atoms with Gasteiger partial charge in [0.15, 0.2) is 0 Å². The van der Waals surface area contributed by atoms with E-state index in [2.05, 4.69) is 15.5 Å². The van der Waals surface area contributed by atoms with Crippen LogP contribution < -0.4 is 5.32 Å². The van der Waals surface area contributed by atoms with Crippen molar-refractivity contribution in [2.45, 2.75) is 67.2 Å². The number of nitrogens with zero attached hydrogens (tertiary/aromatic N) is 2. The zero-order valence-corrected chi connectivity index (χ0v) is 21.3. The molecule has 1 aromatic heterocycles. The number of aryl methyl sites for hydroxylation is 2. The van der Waals surface area contributed by atoms with Crippen LogP contribution in [0.5, 0.6) is 0 Å². The minimum Gasteiger partial charge on any atom is -0.346 e. The molecule has 188 valence electrons. The number of halogens is 4. The molecule has 0 radical (unpaired) electrons. The van der Waals surface area contributed by atoms with Gasteiger partial charge in [0, 0.05) is 10.5 Å². The molecule has 3 aromatic rings. The third kappa shape index (κ3) is 5.11. The first-order valence-electron chi connectivity index (χ1n) is 12.0. The quantitative estimate of drug-likeness (QED) is 0.356. The fourth-order valence-corrected chi connectivity index (χ4v) is 5.91. The van der Waals surface area contributed by atoms with Gasteiger partial charge in [-0.05, 0) is 80.2 Å². The molecule has 36 heavy (non-hydrogen) atoms. The summed E-state index contributed by atoms with van der Waals surface area (Å²) >= 11 is 7.08. The van der Waals surface area contributed by atoms with Crippen LogP contribution in [0.1, 0.15) is 69.9 Å². The van der Waals surface area contributed by atoms with Crippen molar-refractivity contribution in [1.82, 2.24) is 15.5 Å². The molecule has 1 heterocycles. The summed E-state index contributed by atoms with van der Waals surface area (Å²) in [5, 5.41) is 11.1. The smallest absolute Gasteiger partial charge is 0.291 e. The highest BCUT2D eigenvalue weighted by Crippen LogP contribution is 2.44. The molecule has 0 atom stereocenters. The lowest BCUT2D eigenvalue weighted by atomic mass is 9.93. The van der Waals surface area contributed by atoms with Gasteiger partial charge >= 0.3 is 0 Å². The standard InChI is InChI=1S/C27H25ClF3N3OS/c1-15-9-12-19(20(28)13-15)27(30,31)14-32-25(35)23-18-5-2-3-7-21(18)33-34-26(23)36-22-8-4-6-17(24(22)29)16-10-11-16/h4,6,8-9,12-13,16H,2-3,5,7,10-11,14H2,1H3,(H,32,35). The molecule has 4 nitrogen and oxygen atoms in total. The van der Waals surface area contributed by atoms with Crippen molar-refractivity contribution >= 4 is 29.3 Å². The average Bonchev–Trinajstić information content (AvgIpc) is 3.69. The van der Waals surface area contributed by atoms with E-state index in [1.807, 2.05) is 0 Å². The lowest BCUT2D eigenvalue weighted by molar-refractivity contribution is -0.00242. The molecule has 9 heteroatoms. The molecule has 0 unspecified atom stereocenters. The van der Waals surface area contributed by atoms with Gasteiger partial charge in [0.1, 0.15) is 10.8 Å². The van der Waals surface area contributed by atoms with E-state index in [9.17, 15) is 4.79 Å². The fraction of sp³-hybridized carbons (Fsp3) is 0.370. The van der Waals surface area contributed by atoms with Crippen molar-refractivity contribution in [3.63, 3.8) is 0 Å². The molecule has 1 fully saturated rings. The Morgan fingerprint density at radius 2 is 1.94 bits per heavy atom.